The molecule has 0 fully saturated rings. The largest absolute Gasteiger partial charge is 0.513 e. The highest BCUT2D eigenvalue weighted by atomic mass is 16.5. The van der Waals surface area contributed by atoms with E-state index in [1.165, 1.54) is 5.56 Å². The molecule has 0 spiro atoms. The van der Waals surface area contributed by atoms with E-state index >= 15 is 0 Å². The molecule has 1 aromatic rings. The fourth-order valence-electron chi connectivity index (χ4n) is 1.06. The predicted molar refractivity (Wildman–Crippen MR) is 61.9 cm³/mol. The van der Waals surface area contributed by atoms with E-state index in [1.54, 1.807) is 19.1 Å². The third-order valence-corrected chi connectivity index (χ3v) is 1.86. The molecular weight excluding hydrogens is 188 g/mol. The smallest absolute Gasteiger partial charge is 0.126 e. The van der Waals surface area contributed by atoms with Crippen LogP contribution in [0.15, 0.2) is 47.9 Å². The van der Waals surface area contributed by atoms with Gasteiger partial charge in [0.05, 0.1) is 5.76 Å². The molecule has 2 nitrogen and oxygen atoms in total. The predicted octanol–water partition coefficient (Wildman–Crippen LogP) is 3.74. The maximum absolute atomic E-state index is 8.96. The SMILES string of the molecule is C/C(O)=C\C=C(/C)Oc1ccc(C)cc1. The molecule has 0 aliphatic rings. The Morgan fingerprint density at radius 2 is 1.73 bits per heavy atom. The van der Waals surface area contributed by atoms with Gasteiger partial charge in [-0.15, -0.1) is 0 Å². The van der Waals surface area contributed by atoms with Crippen LogP contribution >= 0.6 is 0 Å². The standard InChI is InChI=1S/C13H16O2/c1-10-4-8-13(9-5-10)15-12(3)7-6-11(2)14/h4-9,14H,1-3H3/b11-6+,12-7+. The second kappa shape index (κ2) is 5.25. The van der Waals surface area contributed by atoms with Gasteiger partial charge in [-0.05, 0) is 45.1 Å². The van der Waals surface area contributed by atoms with E-state index in [0.717, 1.165) is 11.5 Å². The maximum atomic E-state index is 8.96. The quantitative estimate of drug-likeness (QED) is 0.600. The second-order valence-electron chi connectivity index (χ2n) is 3.50. The van der Waals surface area contributed by atoms with Crippen molar-refractivity contribution in [2.45, 2.75) is 20.8 Å². The molecule has 0 aliphatic heterocycles. The van der Waals surface area contributed by atoms with Gasteiger partial charge in [0, 0.05) is 0 Å². The van der Waals surface area contributed by atoms with Crippen LogP contribution in [-0.4, -0.2) is 5.11 Å². The molecule has 1 aromatic carbocycles. The summed E-state index contributed by atoms with van der Waals surface area (Å²) in [4.78, 5) is 0. The number of aliphatic hydroxyl groups excluding tert-OH is 1. The van der Waals surface area contributed by atoms with Gasteiger partial charge in [0.1, 0.15) is 11.5 Å². The van der Waals surface area contributed by atoms with Crippen molar-refractivity contribution >= 4 is 0 Å². The minimum Gasteiger partial charge on any atom is -0.513 e. The van der Waals surface area contributed by atoms with Crippen LogP contribution in [0.4, 0.5) is 0 Å². The molecule has 0 bridgehead atoms. The number of aryl methyl sites for hydroxylation is 1. The molecule has 0 unspecified atom stereocenters. The van der Waals surface area contributed by atoms with E-state index in [0.29, 0.717) is 0 Å². The number of benzene rings is 1. The first-order valence-electron chi connectivity index (χ1n) is 4.86. The molecule has 0 heterocycles. The summed E-state index contributed by atoms with van der Waals surface area (Å²) in [5, 5.41) is 8.96. The average molecular weight is 204 g/mol. The highest BCUT2D eigenvalue weighted by Gasteiger charge is 1.93. The second-order valence-corrected chi connectivity index (χ2v) is 3.50. The Labute approximate surface area is 90.5 Å². The van der Waals surface area contributed by atoms with Gasteiger partial charge in [-0.2, -0.15) is 0 Å². The Bertz CT molecular complexity index is 368. The monoisotopic (exact) mass is 204 g/mol. The van der Waals surface area contributed by atoms with Crippen LogP contribution < -0.4 is 4.74 Å². The van der Waals surface area contributed by atoms with Crippen molar-refractivity contribution < 1.29 is 9.84 Å². The third-order valence-electron chi connectivity index (χ3n) is 1.86. The summed E-state index contributed by atoms with van der Waals surface area (Å²) in [6.07, 6.45) is 3.33. The molecule has 0 aliphatic carbocycles. The van der Waals surface area contributed by atoms with Crippen LogP contribution in [0.25, 0.3) is 0 Å². The Balaban J connectivity index is 2.66. The minimum atomic E-state index is 0.266. The van der Waals surface area contributed by atoms with Crippen molar-refractivity contribution in [3.8, 4) is 5.75 Å². The van der Waals surface area contributed by atoms with Gasteiger partial charge in [-0.3, -0.25) is 0 Å². The maximum Gasteiger partial charge on any atom is 0.126 e. The lowest BCUT2D eigenvalue weighted by atomic mass is 10.2. The fraction of sp³-hybridized carbons (Fsp3) is 0.231. The number of ether oxygens (including phenoxy) is 1. The average Bonchev–Trinajstić information content (AvgIpc) is 2.19. The zero-order chi connectivity index (χ0) is 11.3. The van der Waals surface area contributed by atoms with Crippen LogP contribution in [0.3, 0.4) is 0 Å². The van der Waals surface area contributed by atoms with Crippen molar-refractivity contribution in [3.63, 3.8) is 0 Å². The molecule has 0 saturated heterocycles. The number of allylic oxidation sites excluding steroid dienone is 4. The van der Waals surface area contributed by atoms with Crippen LogP contribution in [0, 0.1) is 6.92 Å². The number of hydrogen-bond acceptors (Lipinski definition) is 2. The topological polar surface area (TPSA) is 29.5 Å². The number of aliphatic hydroxyl groups is 1. The van der Waals surface area contributed by atoms with Crippen LogP contribution in [-0.2, 0) is 0 Å². The first kappa shape index (κ1) is 11.4. The minimum absolute atomic E-state index is 0.266. The van der Waals surface area contributed by atoms with Gasteiger partial charge < -0.3 is 9.84 Å². The van der Waals surface area contributed by atoms with Crippen molar-refractivity contribution in [3.05, 3.63) is 53.5 Å². The van der Waals surface area contributed by atoms with Crippen LogP contribution in [0.1, 0.15) is 19.4 Å². The van der Waals surface area contributed by atoms with Gasteiger partial charge in [-0.1, -0.05) is 17.7 Å². The molecule has 1 rings (SSSR count). The molecule has 0 aromatic heterocycles. The van der Waals surface area contributed by atoms with Crippen LogP contribution in [0.2, 0.25) is 0 Å². The molecule has 0 atom stereocenters. The number of rotatable bonds is 3. The van der Waals surface area contributed by atoms with E-state index in [9.17, 15) is 0 Å². The number of hydrogen-bond donors (Lipinski definition) is 1. The summed E-state index contributed by atoms with van der Waals surface area (Å²) in [6, 6.07) is 7.83. The normalized spacial score (nSPS) is 12.7. The van der Waals surface area contributed by atoms with E-state index in [2.05, 4.69) is 0 Å². The first-order chi connectivity index (χ1) is 7.08. The Morgan fingerprint density at radius 1 is 1.13 bits per heavy atom. The highest BCUT2D eigenvalue weighted by molar-refractivity contribution is 5.28. The van der Waals surface area contributed by atoms with Crippen LogP contribution in [0.5, 0.6) is 5.75 Å². The van der Waals surface area contributed by atoms with Gasteiger partial charge in [0.15, 0.2) is 0 Å². The zero-order valence-electron chi connectivity index (χ0n) is 9.32. The lowest BCUT2D eigenvalue weighted by Crippen LogP contribution is -1.90. The summed E-state index contributed by atoms with van der Waals surface area (Å²) in [5.41, 5.74) is 1.20. The van der Waals surface area contributed by atoms with E-state index in [-0.39, 0.29) is 5.76 Å². The molecule has 0 radical (unpaired) electrons. The van der Waals surface area contributed by atoms with Crippen molar-refractivity contribution in [2.24, 2.45) is 0 Å². The Kier molecular flexibility index (Phi) is 3.98. The molecule has 1 N–H and O–H groups in total. The molecule has 15 heavy (non-hydrogen) atoms. The Morgan fingerprint density at radius 3 is 2.27 bits per heavy atom. The summed E-state index contributed by atoms with van der Waals surface area (Å²) >= 11 is 0. The lowest BCUT2D eigenvalue weighted by Gasteiger charge is -2.05. The van der Waals surface area contributed by atoms with Crippen molar-refractivity contribution in [1.82, 2.24) is 0 Å². The fourth-order valence-corrected chi connectivity index (χ4v) is 1.06. The molecule has 80 valence electrons. The zero-order valence-corrected chi connectivity index (χ0v) is 9.32. The molecular formula is C13H16O2. The summed E-state index contributed by atoms with van der Waals surface area (Å²) in [5.74, 6) is 1.81. The van der Waals surface area contributed by atoms with Gasteiger partial charge >= 0.3 is 0 Å². The third kappa shape index (κ3) is 4.36. The highest BCUT2D eigenvalue weighted by Crippen LogP contribution is 2.14. The first-order valence-corrected chi connectivity index (χ1v) is 4.86. The van der Waals surface area contributed by atoms with E-state index in [4.69, 9.17) is 9.84 Å². The van der Waals surface area contributed by atoms with Crippen molar-refractivity contribution in [2.75, 3.05) is 0 Å². The lowest BCUT2D eigenvalue weighted by molar-refractivity contribution is 0.411. The molecule has 0 amide bonds. The van der Waals surface area contributed by atoms with Gasteiger partial charge in [0.25, 0.3) is 0 Å². The van der Waals surface area contributed by atoms with E-state index < -0.39 is 0 Å². The van der Waals surface area contributed by atoms with Gasteiger partial charge in [-0.25, -0.2) is 0 Å². The van der Waals surface area contributed by atoms with Gasteiger partial charge in [0.2, 0.25) is 0 Å². The summed E-state index contributed by atoms with van der Waals surface area (Å²) < 4.78 is 5.53. The van der Waals surface area contributed by atoms with Crippen molar-refractivity contribution in [1.29, 1.82) is 0 Å². The molecule has 0 saturated carbocycles. The Hall–Kier alpha value is -1.70. The van der Waals surface area contributed by atoms with E-state index in [1.807, 2.05) is 38.1 Å². The summed E-state index contributed by atoms with van der Waals surface area (Å²) in [7, 11) is 0. The summed E-state index contributed by atoms with van der Waals surface area (Å²) in [6.45, 7) is 5.50. The molecule has 2 heteroatoms.